The lowest BCUT2D eigenvalue weighted by atomic mass is 9.78. The van der Waals surface area contributed by atoms with Gasteiger partial charge >= 0.3 is 5.97 Å². The number of rotatable bonds is 7. The molecular weight excluding hydrogens is 464 g/mol. The van der Waals surface area contributed by atoms with Gasteiger partial charge in [0.1, 0.15) is 5.92 Å². The third-order valence-electron chi connectivity index (χ3n) is 5.15. The van der Waals surface area contributed by atoms with Crippen molar-refractivity contribution < 1.29 is 23.9 Å². The van der Waals surface area contributed by atoms with Gasteiger partial charge in [-0.05, 0) is 30.7 Å². The van der Waals surface area contributed by atoms with Gasteiger partial charge in [-0.3, -0.25) is 19.2 Å². The molecule has 33 heavy (non-hydrogen) atoms. The average Bonchev–Trinajstić information content (AvgIpc) is 2.82. The monoisotopic (exact) mass is 482 g/mol. The van der Waals surface area contributed by atoms with E-state index in [1.165, 1.54) is 20.1 Å². The Kier molecular flexibility index (Phi) is 7.69. The molecule has 2 aromatic rings. The number of esters is 1. The van der Waals surface area contributed by atoms with E-state index < -0.39 is 23.7 Å². The van der Waals surface area contributed by atoms with Gasteiger partial charge in [0.25, 0.3) is 0 Å². The number of nitriles is 1. The number of Topliss-reactive ketones (excluding diaryl/α,β-unsaturated/α-hetero) is 2. The number of benzene rings is 2. The summed E-state index contributed by atoms with van der Waals surface area (Å²) in [5, 5.41) is 13.1. The van der Waals surface area contributed by atoms with E-state index in [-0.39, 0.29) is 27.9 Å². The van der Waals surface area contributed by atoms with Crippen molar-refractivity contribution in [3.63, 3.8) is 0 Å². The molecule has 3 rings (SSSR count). The number of ketones is 2. The minimum absolute atomic E-state index is 0.0849. The summed E-state index contributed by atoms with van der Waals surface area (Å²) in [5.41, 5.74) is 1.44. The first-order valence-electron chi connectivity index (χ1n) is 9.82. The van der Waals surface area contributed by atoms with E-state index in [4.69, 9.17) is 16.3 Å². The summed E-state index contributed by atoms with van der Waals surface area (Å²) >= 11 is 6.95. The van der Waals surface area contributed by atoms with Crippen LogP contribution in [0.3, 0.4) is 0 Å². The molecule has 168 valence electrons. The minimum atomic E-state index is -1.27. The van der Waals surface area contributed by atoms with Gasteiger partial charge in [0.2, 0.25) is 5.91 Å². The molecule has 1 aliphatic heterocycles. The Balaban J connectivity index is 1.95. The van der Waals surface area contributed by atoms with E-state index in [1.54, 1.807) is 42.5 Å². The summed E-state index contributed by atoms with van der Waals surface area (Å²) in [5.74, 6) is -4.09. The Bertz CT molecular complexity index is 1200. The van der Waals surface area contributed by atoms with Crippen molar-refractivity contribution in [3.05, 3.63) is 80.8 Å². The van der Waals surface area contributed by atoms with E-state index in [0.717, 1.165) is 11.8 Å². The zero-order valence-electron chi connectivity index (χ0n) is 17.8. The molecule has 1 heterocycles. The van der Waals surface area contributed by atoms with Crippen LogP contribution in [0.25, 0.3) is 0 Å². The molecule has 0 saturated carbocycles. The van der Waals surface area contributed by atoms with Crippen LogP contribution in [0.5, 0.6) is 0 Å². The number of halogens is 1. The minimum Gasteiger partial charge on any atom is -0.468 e. The molecule has 2 atom stereocenters. The first-order chi connectivity index (χ1) is 15.8. The molecule has 0 saturated heterocycles. The maximum atomic E-state index is 12.8. The van der Waals surface area contributed by atoms with Crippen molar-refractivity contribution in [2.75, 3.05) is 12.9 Å². The van der Waals surface area contributed by atoms with Crippen molar-refractivity contribution in [2.45, 2.75) is 12.8 Å². The molecule has 0 aliphatic carbocycles. The molecule has 1 N–H and O–H groups in total. The second kappa shape index (κ2) is 10.5. The zero-order chi connectivity index (χ0) is 24.1. The van der Waals surface area contributed by atoms with Crippen LogP contribution in [0.4, 0.5) is 0 Å². The number of methoxy groups -OCH3 is 1. The third kappa shape index (κ3) is 5.33. The van der Waals surface area contributed by atoms with Crippen LogP contribution in [-0.4, -0.2) is 36.3 Å². The summed E-state index contributed by atoms with van der Waals surface area (Å²) in [7, 11) is 1.17. The van der Waals surface area contributed by atoms with Gasteiger partial charge in [-0.2, -0.15) is 5.26 Å². The molecule has 7 nitrogen and oxygen atoms in total. The van der Waals surface area contributed by atoms with Gasteiger partial charge in [-0.25, -0.2) is 0 Å². The van der Waals surface area contributed by atoms with Crippen LogP contribution < -0.4 is 5.32 Å². The molecule has 0 bridgehead atoms. The molecule has 0 aromatic heterocycles. The van der Waals surface area contributed by atoms with Gasteiger partial charge in [0, 0.05) is 22.1 Å². The highest BCUT2D eigenvalue weighted by atomic mass is 35.5. The first-order valence-corrected chi connectivity index (χ1v) is 11.2. The number of ether oxygens (including phenoxy) is 1. The molecule has 0 unspecified atom stereocenters. The number of hydrogen-bond donors (Lipinski definition) is 1. The molecule has 9 heteroatoms. The standard InChI is InChI=1S/C24H19ClN2O5S/c1-13(28)15-4-3-5-16(10-15)19(29)12-33-23-18(11-26)20(14-6-8-17(25)9-7-14)21(22(30)27-23)24(31)32-2/h3-10,20-21H,12H2,1-2H3,(H,27,30)/t20-,21-/m0/s1. The fraction of sp³-hybridized carbons (Fsp3) is 0.208. The lowest BCUT2D eigenvalue weighted by molar-refractivity contribution is -0.150. The summed E-state index contributed by atoms with van der Waals surface area (Å²) in [4.78, 5) is 49.5. The lowest BCUT2D eigenvalue weighted by Crippen LogP contribution is -2.44. The maximum Gasteiger partial charge on any atom is 0.319 e. The molecule has 1 amide bonds. The molecule has 0 spiro atoms. The number of amides is 1. The Morgan fingerprint density at radius 2 is 1.82 bits per heavy atom. The normalized spacial score (nSPS) is 17.7. The quantitative estimate of drug-likeness (QED) is 0.361. The van der Waals surface area contributed by atoms with E-state index >= 15 is 0 Å². The summed E-state index contributed by atoms with van der Waals surface area (Å²) in [6, 6.07) is 14.9. The van der Waals surface area contributed by atoms with Crippen molar-refractivity contribution in [1.29, 1.82) is 5.26 Å². The molecule has 0 radical (unpaired) electrons. The zero-order valence-corrected chi connectivity index (χ0v) is 19.3. The Morgan fingerprint density at radius 3 is 2.42 bits per heavy atom. The third-order valence-corrected chi connectivity index (χ3v) is 6.42. The number of thioether (sulfide) groups is 1. The maximum absolute atomic E-state index is 12.8. The van der Waals surface area contributed by atoms with Crippen LogP contribution in [-0.2, 0) is 14.3 Å². The highest BCUT2D eigenvalue weighted by Crippen LogP contribution is 2.40. The average molecular weight is 483 g/mol. The Hall–Kier alpha value is -3.41. The number of nitrogens with zero attached hydrogens (tertiary/aromatic N) is 1. The van der Waals surface area contributed by atoms with Crippen LogP contribution in [0.2, 0.25) is 5.02 Å². The number of carbonyl (C=O) groups is 4. The second-order valence-electron chi connectivity index (χ2n) is 7.22. The molecule has 2 aromatic carbocycles. The van der Waals surface area contributed by atoms with Crippen LogP contribution in [0.1, 0.15) is 39.1 Å². The van der Waals surface area contributed by atoms with Crippen LogP contribution in [0, 0.1) is 17.2 Å². The summed E-state index contributed by atoms with van der Waals surface area (Å²) < 4.78 is 4.80. The predicted molar refractivity (Wildman–Crippen MR) is 124 cm³/mol. The van der Waals surface area contributed by atoms with E-state index in [0.29, 0.717) is 21.7 Å². The van der Waals surface area contributed by atoms with Gasteiger partial charge in [0.15, 0.2) is 11.6 Å². The van der Waals surface area contributed by atoms with Crippen molar-refractivity contribution >= 4 is 46.8 Å². The summed E-state index contributed by atoms with van der Waals surface area (Å²) in [6.45, 7) is 1.41. The number of nitrogens with one attached hydrogen (secondary N) is 1. The number of allylic oxidation sites excluding steroid dienone is 1. The van der Waals surface area contributed by atoms with E-state index in [2.05, 4.69) is 11.4 Å². The topological polar surface area (TPSA) is 113 Å². The van der Waals surface area contributed by atoms with Crippen molar-refractivity contribution in [1.82, 2.24) is 5.32 Å². The first kappa shape index (κ1) is 24.2. The largest absolute Gasteiger partial charge is 0.468 e. The highest BCUT2D eigenvalue weighted by molar-refractivity contribution is 8.03. The fourth-order valence-corrected chi connectivity index (χ4v) is 4.55. The van der Waals surface area contributed by atoms with E-state index in [9.17, 15) is 24.4 Å². The highest BCUT2D eigenvalue weighted by Gasteiger charge is 2.44. The van der Waals surface area contributed by atoms with Gasteiger partial charge < -0.3 is 10.1 Å². The second-order valence-corrected chi connectivity index (χ2v) is 8.64. The van der Waals surface area contributed by atoms with Crippen LogP contribution >= 0.6 is 23.4 Å². The predicted octanol–water partition coefficient (Wildman–Crippen LogP) is 3.90. The van der Waals surface area contributed by atoms with Crippen molar-refractivity contribution in [2.24, 2.45) is 5.92 Å². The smallest absolute Gasteiger partial charge is 0.319 e. The van der Waals surface area contributed by atoms with E-state index in [1.807, 2.05) is 0 Å². The van der Waals surface area contributed by atoms with Gasteiger partial charge in [0.05, 0.1) is 29.5 Å². The molecule has 1 aliphatic rings. The van der Waals surface area contributed by atoms with Crippen molar-refractivity contribution in [3.8, 4) is 6.07 Å². The summed E-state index contributed by atoms with van der Waals surface area (Å²) in [6.07, 6.45) is 0. The Labute approximate surface area is 199 Å². The van der Waals surface area contributed by atoms with Gasteiger partial charge in [-0.1, -0.05) is 53.7 Å². The number of carbonyl (C=O) groups excluding carboxylic acids is 4. The Morgan fingerprint density at radius 1 is 1.15 bits per heavy atom. The lowest BCUT2D eigenvalue weighted by Gasteiger charge is -2.30. The SMILES string of the molecule is COC(=O)[C@@H]1C(=O)NC(SCC(=O)c2cccc(C(C)=O)c2)=C(C#N)[C@@H]1c1ccc(Cl)cc1. The fourth-order valence-electron chi connectivity index (χ4n) is 3.48. The molecular formula is C24H19ClN2O5S. The van der Waals surface area contributed by atoms with Crippen LogP contribution in [0.15, 0.2) is 59.1 Å². The number of hydrogen-bond acceptors (Lipinski definition) is 7. The molecule has 0 fully saturated rings. The van der Waals surface area contributed by atoms with Gasteiger partial charge in [-0.15, -0.1) is 0 Å².